The van der Waals surface area contributed by atoms with Crippen LogP contribution >= 0.6 is 36.4 Å². The van der Waals surface area contributed by atoms with Gasteiger partial charge < -0.3 is 15.6 Å². The van der Waals surface area contributed by atoms with E-state index in [1.807, 2.05) is 23.1 Å². The Morgan fingerprint density at radius 1 is 1.32 bits per heavy atom. The zero-order valence-electron chi connectivity index (χ0n) is 15.7. The fraction of sp³-hybridized carbons (Fsp3) is 0.500. The first-order valence-electron chi connectivity index (χ1n) is 9.37. The maximum atomic E-state index is 13.0. The molecule has 2 aromatic rings. The average Bonchev–Trinajstić information content (AvgIpc) is 3.15. The van der Waals surface area contributed by atoms with Gasteiger partial charge in [-0.3, -0.25) is 4.79 Å². The van der Waals surface area contributed by atoms with Gasteiger partial charge in [0.2, 0.25) is 5.91 Å². The van der Waals surface area contributed by atoms with Crippen LogP contribution < -0.4 is 5.73 Å². The van der Waals surface area contributed by atoms with E-state index in [0.717, 1.165) is 55.1 Å². The lowest BCUT2D eigenvalue weighted by atomic mass is 9.66. The van der Waals surface area contributed by atoms with Crippen LogP contribution in [-0.4, -0.2) is 33.9 Å². The van der Waals surface area contributed by atoms with Crippen LogP contribution in [0.4, 0.5) is 0 Å². The van der Waals surface area contributed by atoms with Gasteiger partial charge in [0.15, 0.2) is 0 Å². The van der Waals surface area contributed by atoms with Crippen LogP contribution in [0.3, 0.4) is 0 Å². The summed E-state index contributed by atoms with van der Waals surface area (Å²) in [6, 6.07) is 8.03. The summed E-state index contributed by atoms with van der Waals surface area (Å²) in [4.78, 5) is 22.5. The second-order valence-electron chi connectivity index (χ2n) is 7.61. The first-order chi connectivity index (χ1) is 12.6. The first kappa shape index (κ1) is 23.0. The number of H-pyrrole nitrogens is 1. The van der Waals surface area contributed by atoms with Gasteiger partial charge in [-0.25, -0.2) is 4.98 Å². The SMILES string of the molecule is Cl.Cl.NC[C@]1(c2cccc(Cl)c2)CC[C@H](C(=O)N2CCc3nc[nH]c3C2)CC1. The van der Waals surface area contributed by atoms with E-state index in [4.69, 9.17) is 17.3 Å². The number of benzene rings is 1. The molecule has 0 radical (unpaired) electrons. The van der Waals surface area contributed by atoms with Crippen molar-refractivity contribution < 1.29 is 4.79 Å². The molecule has 0 spiro atoms. The summed E-state index contributed by atoms with van der Waals surface area (Å²) in [5.74, 6) is 0.375. The Morgan fingerprint density at radius 3 is 2.75 bits per heavy atom. The molecule has 1 aliphatic heterocycles. The molecule has 5 nitrogen and oxygen atoms in total. The minimum Gasteiger partial charge on any atom is -0.347 e. The summed E-state index contributed by atoms with van der Waals surface area (Å²) >= 11 is 6.19. The van der Waals surface area contributed by atoms with Crippen molar-refractivity contribution in [2.45, 2.75) is 44.1 Å². The Bertz CT molecular complexity index is 802. The van der Waals surface area contributed by atoms with Crippen molar-refractivity contribution in [3.63, 3.8) is 0 Å². The van der Waals surface area contributed by atoms with Crippen LogP contribution in [0.15, 0.2) is 30.6 Å². The number of nitrogens with two attached hydrogens (primary N) is 1. The van der Waals surface area contributed by atoms with Crippen LogP contribution in [0.25, 0.3) is 0 Å². The van der Waals surface area contributed by atoms with Crippen LogP contribution in [-0.2, 0) is 23.2 Å². The van der Waals surface area contributed by atoms with E-state index >= 15 is 0 Å². The van der Waals surface area contributed by atoms with Gasteiger partial charge in [0.1, 0.15) is 0 Å². The molecule has 0 unspecified atom stereocenters. The van der Waals surface area contributed by atoms with Crippen molar-refractivity contribution in [3.05, 3.63) is 52.6 Å². The molecule has 1 aromatic carbocycles. The van der Waals surface area contributed by atoms with E-state index in [1.165, 1.54) is 5.56 Å². The summed E-state index contributed by atoms with van der Waals surface area (Å²) in [5, 5.41) is 0.747. The second kappa shape index (κ2) is 9.49. The summed E-state index contributed by atoms with van der Waals surface area (Å²) in [6.07, 6.45) is 6.20. The third-order valence-electron chi connectivity index (χ3n) is 6.21. The molecule has 1 saturated carbocycles. The molecule has 0 bridgehead atoms. The number of hydrogen-bond acceptors (Lipinski definition) is 3. The highest BCUT2D eigenvalue weighted by Gasteiger charge is 2.39. The van der Waals surface area contributed by atoms with Crippen molar-refractivity contribution in [1.29, 1.82) is 0 Å². The minimum absolute atomic E-state index is 0. The lowest BCUT2D eigenvalue weighted by Crippen LogP contribution is -2.45. The molecule has 0 atom stereocenters. The third kappa shape index (κ3) is 4.33. The van der Waals surface area contributed by atoms with Gasteiger partial charge in [-0.2, -0.15) is 0 Å². The third-order valence-corrected chi connectivity index (χ3v) is 6.44. The number of carbonyl (C=O) groups excluding carboxylic acids is 1. The topological polar surface area (TPSA) is 75.0 Å². The van der Waals surface area contributed by atoms with Gasteiger partial charge in [-0.05, 0) is 43.4 Å². The Balaban J connectivity index is 0.00000140. The Hall–Kier alpha value is -1.27. The maximum absolute atomic E-state index is 13.0. The molecule has 3 N–H and O–H groups in total. The number of fused-ring (bicyclic) bond motifs is 1. The summed E-state index contributed by atoms with van der Waals surface area (Å²) < 4.78 is 0. The number of aromatic amines is 1. The Morgan fingerprint density at radius 2 is 2.07 bits per heavy atom. The molecular weight excluding hydrogens is 419 g/mol. The number of halogens is 3. The quantitative estimate of drug-likeness (QED) is 0.753. The van der Waals surface area contributed by atoms with Gasteiger partial charge in [-0.15, -0.1) is 24.8 Å². The molecule has 2 heterocycles. The number of carbonyl (C=O) groups is 1. The molecule has 8 heteroatoms. The molecule has 28 heavy (non-hydrogen) atoms. The van der Waals surface area contributed by atoms with Crippen LogP contribution in [0.5, 0.6) is 0 Å². The smallest absolute Gasteiger partial charge is 0.226 e. The van der Waals surface area contributed by atoms with Gasteiger partial charge in [0.05, 0.1) is 24.3 Å². The molecule has 1 fully saturated rings. The van der Waals surface area contributed by atoms with Crippen molar-refractivity contribution >= 4 is 42.3 Å². The van der Waals surface area contributed by atoms with E-state index in [0.29, 0.717) is 13.1 Å². The first-order valence-corrected chi connectivity index (χ1v) is 9.75. The van der Waals surface area contributed by atoms with E-state index in [2.05, 4.69) is 16.0 Å². The van der Waals surface area contributed by atoms with Gasteiger partial charge in [0, 0.05) is 35.9 Å². The van der Waals surface area contributed by atoms with Gasteiger partial charge in [-0.1, -0.05) is 23.7 Å². The van der Waals surface area contributed by atoms with E-state index in [9.17, 15) is 4.79 Å². The minimum atomic E-state index is -0.0554. The lowest BCUT2D eigenvalue weighted by molar-refractivity contribution is -0.138. The molecule has 1 aliphatic carbocycles. The van der Waals surface area contributed by atoms with E-state index in [1.54, 1.807) is 6.33 Å². The van der Waals surface area contributed by atoms with Crippen LogP contribution in [0.2, 0.25) is 5.02 Å². The maximum Gasteiger partial charge on any atom is 0.226 e. The highest BCUT2D eigenvalue weighted by Crippen LogP contribution is 2.42. The number of aromatic nitrogens is 2. The van der Waals surface area contributed by atoms with Crippen molar-refractivity contribution in [2.75, 3.05) is 13.1 Å². The fourth-order valence-corrected chi connectivity index (χ4v) is 4.70. The Kier molecular flexibility index (Phi) is 7.80. The monoisotopic (exact) mass is 444 g/mol. The molecule has 154 valence electrons. The van der Waals surface area contributed by atoms with Crippen molar-refractivity contribution in [2.24, 2.45) is 11.7 Å². The highest BCUT2D eigenvalue weighted by atomic mass is 35.5. The zero-order chi connectivity index (χ0) is 18.1. The van der Waals surface area contributed by atoms with Gasteiger partial charge in [0.25, 0.3) is 0 Å². The molecule has 4 rings (SSSR count). The number of rotatable bonds is 3. The normalized spacial score (nSPS) is 23.9. The number of hydrogen-bond donors (Lipinski definition) is 2. The average molecular weight is 446 g/mol. The summed E-state index contributed by atoms with van der Waals surface area (Å²) in [6.45, 7) is 2.01. The highest BCUT2D eigenvalue weighted by molar-refractivity contribution is 6.30. The molecule has 1 amide bonds. The van der Waals surface area contributed by atoms with Crippen molar-refractivity contribution in [3.8, 4) is 0 Å². The Labute approximate surface area is 183 Å². The predicted molar refractivity (Wildman–Crippen MR) is 116 cm³/mol. The fourth-order valence-electron chi connectivity index (χ4n) is 4.51. The largest absolute Gasteiger partial charge is 0.347 e. The van der Waals surface area contributed by atoms with E-state index < -0.39 is 0 Å². The molecule has 2 aliphatic rings. The predicted octanol–water partition coefficient (Wildman–Crippen LogP) is 3.88. The number of nitrogens with one attached hydrogen (secondary N) is 1. The van der Waals surface area contributed by atoms with Gasteiger partial charge >= 0.3 is 0 Å². The number of nitrogens with zero attached hydrogens (tertiary/aromatic N) is 2. The molecule has 0 saturated heterocycles. The van der Waals surface area contributed by atoms with Crippen LogP contribution in [0, 0.1) is 5.92 Å². The number of imidazole rings is 1. The lowest BCUT2D eigenvalue weighted by Gasteiger charge is -2.41. The standard InChI is InChI=1S/C20H25ClN4O.2ClH/c21-16-3-1-2-15(10-16)20(12-22)7-4-14(5-8-20)19(26)25-9-6-17-18(11-25)24-13-23-17;;/h1-3,10,13-14H,4-9,11-12,22H2,(H,23,24);2*1H/t14-,20-;;. The number of amides is 1. The summed E-state index contributed by atoms with van der Waals surface area (Å²) in [5.41, 5.74) is 9.51. The second-order valence-corrected chi connectivity index (χ2v) is 8.04. The molecular formula is C20H27Cl3N4O. The zero-order valence-corrected chi connectivity index (χ0v) is 18.1. The molecule has 1 aromatic heterocycles. The van der Waals surface area contributed by atoms with Crippen LogP contribution in [0.1, 0.15) is 42.6 Å². The summed E-state index contributed by atoms with van der Waals surface area (Å²) in [7, 11) is 0. The van der Waals surface area contributed by atoms with E-state index in [-0.39, 0.29) is 42.1 Å². The van der Waals surface area contributed by atoms with Crippen molar-refractivity contribution in [1.82, 2.24) is 14.9 Å².